The Hall–Kier alpha value is -2.22. The molecule has 0 aliphatic heterocycles. The summed E-state index contributed by atoms with van der Waals surface area (Å²) in [5.41, 5.74) is 2.92. The summed E-state index contributed by atoms with van der Waals surface area (Å²) in [5, 5.41) is 0. The minimum absolute atomic E-state index is 0.233. The lowest BCUT2D eigenvalue weighted by atomic mass is 9.63. The van der Waals surface area contributed by atoms with Crippen LogP contribution in [0.5, 0.6) is 0 Å². The van der Waals surface area contributed by atoms with Gasteiger partial charge >= 0.3 is 0 Å². The predicted molar refractivity (Wildman–Crippen MR) is 135 cm³/mol. The van der Waals surface area contributed by atoms with Gasteiger partial charge in [-0.25, -0.2) is 8.78 Å². The van der Waals surface area contributed by atoms with E-state index in [1.54, 1.807) is 12.1 Å². The maximum Gasteiger partial charge on any atom is 0.131 e. The second-order valence-electron chi connectivity index (χ2n) is 10.2. The molecular weight excluding hydrogens is 410 g/mol. The van der Waals surface area contributed by atoms with Gasteiger partial charge in [0.1, 0.15) is 11.6 Å². The van der Waals surface area contributed by atoms with Gasteiger partial charge in [-0.1, -0.05) is 48.9 Å². The van der Waals surface area contributed by atoms with Crippen LogP contribution in [0.4, 0.5) is 8.78 Å². The fraction of sp³-hybridized carbons (Fsp3) is 0.484. The summed E-state index contributed by atoms with van der Waals surface area (Å²) in [6.07, 6.45) is 17.6. The third-order valence-electron chi connectivity index (χ3n) is 8.15. The molecule has 0 heterocycles. The second kappa shape index (κ2) is 11.3. The fourth-order valence-electron chi connectivity index (χ4n) is 6.25. The number of hydrogen-bond donors (Lipinski definition) is 0. The van der Waals surface area contributed by atoms with E-state index in [1.807, 2.05) is 31.2 Å². The number of benzene rings is 2. The molecule has 4 atom stereocenters. The number of allylic oxidation sites excluding steroid dienone is 3. The molecule has 2 aliphatic rings. The van der Waals surface area contributed by atoms with E-state index in [1.165, 1.54) is 44.6 Å². The minimum Gasteiger partial charge on any atom is -0.207 e. The lowest BCUT2D eigenvalue weighted by Crippen LogP contribution is -2.30. The summed E-state index contributed by atoms with van der Waals surface area (Å²) in [6.45, 7) is 5.84. The van der Waals surface area contributed by atoms with Crippen molar-refractivity contribution in [3.8, 4) is 11.1 Å². The zero-order valence-electron chi connectivity index (χ0n) is 20.0. The lowest BCUT2D eigenvalue weighted by Gasteiger charge is -2.42. The summed E-state index contributed by atoms with van der Waals surface area (Å²) >= 11 is 0. The molecule has 0 spiro atoms. The van der Waals surface area contributed by atoms with E-state index < -0.39 is 0 Å². The summed E-state index contributed by atoms with van der Waals surface area (Å²) in [5.74, 6) is 2.47. The van der Waals surface area contributed by atoms with Crippen molar-refractivity contribution >= 4 is 0 Å². The van der Waals surface area contributed by atoms with Crippen molar-refractivity contribution in [2.45, 2.75) is 77.0 Å². The first-order valence-corrected chi connectivity index (χ1v) is 12.9. The van der Waals surface area contributed by atoms with Gasteiger partial charge < -0.3 is 0 Å². The van der Waals surface area contributed by atoms with Crippen molar-refractivity contribution in [1.82, 2.24) is 0 Å². The largest absolute Gasteiger partial charge is 0.207 e. The highest BCUT2D eigenvalue weighted by atomic mass is 19.1. The summed E-state index contributed by atoms with van der Waals surface area (Å²) in [4.78, 5) is 0. The van der Waals surface area contributed by atoms with Gasteiger partial charge in [0.25, 0.3) is 0 Å². The highest BCUT2D eigenvalue weighted by Crippen LogP contribution is 2.48. The number of fused-ring (bicyclic) bond motifs is 1. The van der Waals surface area contributed by atoms with Crippen molar-refractivity contribution in [2.24, 2.45) is 17.8 Å². The van der Waals surface area contributed by atoms with Crippen LogP contribution in [-0.2, 0) is 6.42 Å². The molecule has 4 unspecified atom stereocenters. The monoisotopic (exact) mass is 448 g/mol. The Morgan fingerprint density at radius 1 is 0.909 bits per heavy atom. The van der Waals surface area contributed by atoms with Crippen LogP contribution in [0.25, 0.3) is 11.1 Å². The molecule has 33 heavy (non-hydrogen) atoms. The van der Waals surface area contributed by atoms with Crippen molar-refractivity contribution in [3.63, 3.8) is 0 Å². The summed E-state index contributed by atoms with van der Waals surface area (Å²) < 4.78 is 29.7. The molecule has 0 amide bonds. The number of aryl methyl sites for hydroxylation is 1. The molecule has 0 radical (unpaired) electrons. The van der Waals surface area contributed by atoms with Gasteiger partial charge in [0.05, 0.1) is 0 Å². The van der Waals surface area contributed by atoms with Crippen LogP contribution in [-0.4, -0.2) is 0 Å². The standard InChI is InChI=1S/C31H38F2/c1-3-5-7-9-23-12-15-28(21-30(23)32)29-17-16-27(20-31(29)33)26-14-13-24-18-22(8-6-4-2)10-11-25(24)19-26/h3-5,12,15-17,20-22,24-26H,2,6-11,13-14,18-19H2,1H3/b5-3+. The van der Waals surface area contributed by atoms with Crippen LogP contribution in [0.1, 0.15) is 81.8 Å². The zero-order valence-corrected chi connectivity index (χ0v) is 20.0. The van der Waals surface area contributed by atoms with Gasteiger partial charge in [0.2, 0.25) is 0 Å². The van der Waals surface area contributed by atoms with E-state index in [4.69, 9.17) is 0 Å². The molecule has 0 saturated heterocycles. The molecule has 0 nitrogen and oxygen atoms in total. The Morgan fingerprint density at radius 2 is 1.73 bits per heavy atom. The first-order chi connectivity index (χ1) is 16.1. The van der Waals surface area contributed by atoms with Crippen LogP contribution < -0.4 is 0 Å². The fourth-order valence-corrected chi connectivity index (χ4v) is 6.25. The average molecular weight is 449 g/mol. The van der Waals surface area contributed by atoms with Crippen LogP contribution >= 0.6 is 0 Å². The van der Waals surface area contributed by atoms with Crippen LogP contribution in [0.3, 0.4) is 0 Å². The Morgan fingerprint density at radius 3 is 2.48 bits per heavy atom. The van der Waals surface area contributed by atoms with Gasteiger partial charge in [0, 0.05) is 5.56 Å². The molecule has 0 aromatic heterocycles. The van der Waals surface area contributed by atoms with Gasteiger partial charge in [0.15, 0.2) is 0 Å². The van der Waals surface area contributed by atoms with Crippen LogP contribution in [0, 0.1) is 29.4 Å². The van der Waals surface area contributed by atoms with E-state index in [0.29, 0.717) is 29.0 Å². The number of rotatable bonds is 8. The molecule has 2 aliphatic carbocycles. The second-order valence-corrected chi connectivity index (χ2v) is 10.2. The Balaban J connectivity index is 1.41. The van der Waals surface area contributed by atoms with Crippen molar-refractivity contribution < 1.29 is 8.78 Å². The van der Waals surface area contributed by atoms with E-state index >= 15 is 4.39 Å². The highest BCUT2D eigenvalue weighted by Gasteiger charge is 2.35. The minimum atomic E-state index is -0.248. The molecule has 2 aromatic rings. The van der Waals surface area contributed by atoms with Crippen molar-refractivity contribution in [1.29, 1.82) is 0 Å². The van der Waals surface area contributed by atoms with Crippen LogP contribution in [0.2, 0.25) is 0 Å². The number of halogens is 2. The van der Waals surface area contributed by atoms with E-state index in [-0.39, 0.29) is 11.6 Å². The molecule has 2 heteroatoms. The molecule has 0 N–H and O–H groups in total. The Labute approximate surface area is 198 Å². The highest BCUT2D eigenvalue weighted by molar-refractivity contribution is 5.65. The summed E-state index contributed by atoms with van der Waals surface area (Å²) in [6, 6.07) is 10.8. The SMILES string of the molecule is C=CCCC1CCC2CC(c3ccc(-c4ccc(CC/C=C/C)c(F)c4)c(F)c3)CCC2C1. The zero-order chi connectivity index (χ0) is 23.2. The Bertz CT molecular complexity index is 973. The lowest BCUT2D eigenvalue weighted by molar-refractivity contribution is 0.115. The van der Waals surface area contributed by atoms with Gasteiger partial charge in [-0.2, -0.15) is 0 Å². The molecule has 2 aromatic carbocycles. The van der Waals surface area contributed by atoms with E-state index in [0.717, 1.165) is 42.6 Å². The normalized spacial score (nSPS) is 25.2. The third kappa shape index (κ3) is 5.83. The van der Waals surface area contributed by atoms with E-state index in [9.17, 15) is 4.39 Å². The first kappa shape index (κ1) is 23.9. The molecule has 4 rings (SSSR count). The van der Waals surface area contributed by atoms with Crippen molar-refractivity contribution in [3.05, 3.63) is 84.0 Å². The van der Waals surface area contributed by atoms with Crippen LogP contribution in [0.15, 0.2) is 61.2 Å². The van der Waals surface area contributed by atoms with E-state index in [2.05, 4.69) is 18.7 Å². The molecule has 2 saturated carbocycles. The number of hydrogen-bond acceptors (Lipinski definition) is 0. The smallest absolute Gasteiger partial charge is 0.131 e. The molecule has 176 valence electrons. The maximum absolute atomic E-state index is 15.1. The molecular formula is C31H38F2. The average Bonchev–Trinajstić information content (AvgIpc) is 2.83. The Kier molecular flexibility index (Phi) is 8.17. The summed E-state index contributed by atoms with van der Waals surface area (Å²) in [7, 11) is 0. The maximum atomic E-state index is 15.1. The third-order valence-corrected chi connectivity index (χ3v) is 8.15. The predicted octanol–water partition coefficient (Wildman–Crippen LogP) is 9.41. The quantitative estimate of drug-likeness (QED) is 0.353. The van der Waals surface area contributed by atoms with Gasteiger partial charge in [-0.05, 0) is 117 Å². The van der Waals surface area contributed by atoms with Crippen molar-refractivity contribution in [2.75, 3.05) is 0 Å². The van der Waals surface area contributed by atoms with Gasteiger partial charge in [-0.3, -0.25) is 0 Å². The first-order valence-electron chi connectivity index (χ1n) is 12.9. The molecule has 0 bridgehead atoms. The van der Waals surface area contributed by atoms with Gasteiger partial charge in [-0.15, -0.1) is 6.58 Å². The molecule has 2 fully saturated rings. The topological polar surface area (TPSA) is 0 Å².